The zero-order valence-electron chi connectivity index (χ0n) is 21.5. The van der Waals surface area contributed by atoms with E-state index in [1.54, 1.807) is 0 Å². The molecule has 0 aliphatic carbocycles. The van der Waals surface area contributed by atoms with E-state index in [1.807, 2.05) is 27.7 Å². The normalized spacial score (nSPS) is 14.1. The Morgan fingerprint density at radius 3 is 1.37 bits per heavy atom. The third-order valence-electron chi connectivity index (χ3n) is 5.77. The number of phosphoric acid groups is 1. The quantitative estimate of drug-likeness (QED) is 0.0854. The molecule has 0 fully saturated rings. The van der Waals surface area contributed by atoms with Crippen LogP contribution < -0.4 is 0 Å². The summed E-state index contributed by atoms with van der Waals surface area (Å²) in [7, 11) is -3.58. The third-order valence-corrected chi connectivity index (χ3v) is 24.8. The maximum atomic E-state index is 13.7. The molecule has 6 heteroatoms. The van der Waals surface area contributed by atoms with Crippen molar-refractivity contribution in [1.29, 1.82) is 0 Å². The summed E-state index contributed by atoms with van der Waals surface area (Å²) in [4.78, 5) is 0. The predicted octanol–water partition coefficient (Wildman–Crippen LogP) is 9.30. The first-order valence-corrected chi connectivity index (χ1v) is 22.0. The van der Waals surface area contributed by atoms with E-state index in [0.29, 0.717) is 0 Å². The molecule has 0 aromatic carbocycles. The molecule has 0 aromatic rings. The van der Waals surface area contributed by atoms with E-state index in [0.717, 1.165) is 12.8 Å². The van der Waals surface area contributed by atoms with Crippen molar-refractivity contribution in [2.75, 3.05) is 0 Å². The topological polar surface area (TPSA) is 44.8 Å². The first-order chi connectivity index (χ1) is 14.2. The molecule has 1 unspecified atom stereocenters. The summed E-state index contributed by atoms with van der Waals surface area (Å²) in [6, 6.07) is 0. The van der Waals surface area contributed by atoms with Gasteiger partial charge in [-0.3, -0.25) is 0 Å². The SMILES string of the molecule is CCCCC[CH](OP(=O)(OC(C)C)OC(C)C)[Sn]([CH2]CCC)([CH2]CCC)[CH2]CCC. The zero-order chi connectivity index (χ0) is 23.0. The molecule has 0 aromatic heterocycles. The second-order valence-corrected chi connectivity index (χ2v) is 24.9. The molecule has 0 spiro atoms. The van der Waals surface area contributed by atoms with Gasteiger partial charge in [0, 0.05) is 0 Å². The molecular weight excluding hydrogens is 502 g/mol. The van der Waals surface area contributed by atoms with Gasteiger partial charge < -0.3 is 0 Å². The average molecular weight is 555 g/mol. The van der Waals surface area contributed by atoms with Crippen LogP contribution in [-0.2, 0) is 18.1 Å². The molecule has 30 heavy (non-hydrogen) atoms. The van der Waals surface area contributed by atoms with Crippen LogP contribution in [0.5, 0.6) is 0 Å². The first-order valence-electron chi connectivity index (χ1n) is 12.8. The Morgan fingerprint density at radius 2 is 1.03 bits per heavy atom. The van der Waals surface area contributed by atoms with Crippen LogP contribution >= 0.6 is 7.82 Å². The van der Waals surface area contributed by atoms with Gasteiger partial charge in [0.1, 0.15) is 0 Å². The van der Waals surface area contributed by atoms with Crippen LogP contribution in [0.1, 0.15) is 120 Å². The van der Waals surface area contributed by atoms with Crippen molar-refractivity contribution in [3.8, 4) is 0 Å². The van der Waals surface area contributed by atoms with E-state index in [1.165, 1.54) is 64.7 Å². The van der Waals surface area contributed by atoms with Crippen LogP contribution in [0.3, 0.4) is 0 Å². The van der Waals surface area contributed by atoms with E-state index in [4.69, 9.17) is 13.6 Å². The summed E-state index contributed by atoms with van der Waals surface area (Å²) >= 11 is -2.75. The van der Waals surface area contributed by atoms with Gasteiger partial charge in [0.25, 0.3) is 0 Å². The number of phosphoric ester groups is 1. The Labute approximate surface area is 193 Å². The van der Waals surface area contributed by atoms with Crippen molar-refractivity contribution in [2.45, 2.75) is 149 Å². The van der Waals surface area contributed by atoms with Crippen LogP contribution in [-0.4, -0.2) is 34.7 Å². The standard InChI is InChI=1S/C12H26O4P.3C4H9.Sn/c1-6-7-8-9-10-14-17(13,15-11(2)3)16-12(4)5;3*1-3-4-2;/h10-12H,6-9H2,1-5H3;3*1,3-4H2,2H3;. The van der Waals surface area contributed by atoms with Gasteiger partial charge in [-0.25, -0.2) is 0 Å². The fourth-order valence-corrected chi connectivity index (χ4v) is 25.4. The minimum atomic E-state index is -3.58. The third kappa shape index (κ3) is 12.8. The molecule has 0 amide bonds. The predicted molar refractivity (Wildman–Crippen MR) is 134 cm³/mol. The molecule has 0 aliphatic rings. The van der Waals surface area contributed by atoms with Gasteiger partial charge in [0.2, 0.25) is 0 Å². The minimum absolute atomic E-state index is 0.124. The molecule has 4 nitrogen and oxygen atoms in total. The van der Waals surface area contributed by atoms with Gasteiger partial charge in [-0.1, -0.05) is 0 Å². The molecule has 0 radical (unpaired) electrons. The zero-order valence-corrected chi connectivity index (χ0v) is 25.3. The van der Waals surface area contributed by atoms with Crippen LogP contribution in [0, 0.1) is 0 Å². The van der Waals surface area contributed by atoms with Gasteiger partial charge in [0.05, 0.1) is 0 Å². The Morgan fingerprint density at radius 1 is 0.633 bits per heavy atom. The number of rotatable bonds is 20. The van der Waals surface area contributed by atoms with Crippen molar-refractivity contribution >= 4 is 26.2 Å². The molecule has 182 valence electrons. The van der Waals surface area contributed by atoms with Crippen molar-refractivity contribution in [3.63, 3.8) is 0 Å². The van der Waals surface area contributed by atoms with E-state index >= 15 is 0 Å². The Balaban J connectivity index is 6.02. The van der Waals surface area contributed by atoms with Crippen LogP contribution in [0.4, 0.5) is 0 Å². The molecule has 1 atom stereocenters. The molecule has 0 N–H and O–H groups in total. The van der Waals surface area contributed by atoms with Gasteiger partial charge in [-0.15, -0.1) is 0 Å². The van der Waals surface area contributed by atoms with Crippen LogP contribution in [0.25, 0.3) is 0 Å². The Kier molecular flexibility index (Phi) is 17.9. The molecule has 0 saturated carbocycles. The van der Waals surface area contributed by atoms with Crippen molar-refractivity contribution in [1.82, 2.24) is 0 Å². The van der Waals surface area contributed by atoms with Crippen LogP contribution in [0.2, 0.25) is 13.3 Å². The summed E-state index contributed by atoms with van der Waals surface area (Å²) in [5, 5.41) is 0. The van der Waals surface area contributed by atoms with E-state index < -0.39 is 26.2 Å². The van der Waals surface area contributed by atoms with Crippen molar-refractivity contribution < 1.29 is 18.1 Å². The number of hydrogen-bond acceptors (Lipinski definition) is 4. The first kappa shape index (κ1) is 30.9. The Bertz CT molecular complexity index is 421. The fourth-order valence-electron chi connectivity index (χ4n) is 4.24. The molecule has 0 rings (SSSR count). The molecule has 0 bridgehead atoms. The summed E-state index contributed by atoms with van der Waals surface area (Å²) in [6.07, 6.45) is 11.7. The molecule has 0 aliphatic heterocycles. The van der Waals surface area contributed by atoms with Gasteiger partial charge >= 0.3 is 194 Å². The summed E-state index contributed by atoms with van der Waals surface area (Å²) in [5.74, 6) is 0. The number of hydrogen-bond donors (Lipinski definition) is 0. The van der Waals surface area contributed by atoms with E-state index in [9.17, 15) is 4.57 Å². The van der Waals surface area contributed by atoms with Crippen molar-refractivity contribution in [3.05, 3.63) is 0 Å². The molecule has 0 heterocycles. The maximum absolute atomic E-state index is 13.7. The fraction of sp³-hybridized carbons (Fsp3) is 1.00. The second kappa shape index (κ2) is 17.4. The van der Waals surface area contributed by atoms with E-state index in [2.05, 4.69) is 27.7 Å². The van der Waals surface area contributed by atoms with Gasteiger partial charge in [-0.2, -0.15) is 0 Å². The summed E-state index contributed by atoms with van der Waals surface area (Å²) < 4.78 is 36.1. The van der Waals surface area contributed by atoms with Crippen LogP contribution in [0.15, 0.2) is 0 Å². The van der Waals surface area contributed by atoms with Gasteiger partial charge in [0.15, 0.2) is 0 Å². The summed E-state index contributed by atoms with van der Waals surface area (Å²) in [6.45, 7) is 16.8. The van der Waals surface area contributed by atoms with E-state index in [-0.39, 0.29) is 16.3 Å². The monoisotopic (exact) mass is 556 g/mol. The Hall–Kier alpha value is 0.909. The second-order valence-electron chi connectivity index (χ2n) is 9.52. The number of unbranched alkanes of at least 4 members (excludes halogenated alkanes) is 5. The molecular formula is C24H53O4PSn. The van der Waals surface area contributed by atoms with Crippen molar-refractivity contribution in [2.24, 2.45) is 0 Å². The summed E-state index contributed by atoms with van der Waals surface area (Å²) in [5.41, 5.74) is 0. The average Bonchev–Trinajstić information content (AvgIpc) is 2.65. The molecule has 0 saturated heterocycles. The van der Waals surface area contributed by atoms with Gasteiger partial charge in [-0.05, 0) is 0 Å².